The third-order valence-corrected chi connectivity index (χ3v) is 3.52. The molecule has 2 heterocycles. The monoisotopic (exact) mass is 340 g/mol. The molecule has 1 fully saturated rings. The normalized spacial score (nSPS) is 15.1. The topological polar surface area (TPSA) is 75.6 Å². The number of hydrogen-bond donors (Lipinski definition) is 0. The first-order valence-corrected chi connectivity index (χ1v) is 7.74. The number of ether oxygens (including phenoxy) is 1. The van der Waals surface area contributed by atoms with Gasteiger partial charge in [-0.05, 0) is 20.8 Å². The number of carbonyl (C=O) groups excluding carboxylic acids is 2. The Bertz CT molecular complexity index is 579. The molecule has 0 N–H and O–H groups in total. The van der Waals surface area contributed by atoms with E-state index in [9.17, 15) is 9.59 Å². The Hall–Kier alpha value is -1.89. The summed E-state index contributed by atoms with van der Waals surface area (Å²) < 4.78 is 5.30. The van der Waals surface area contributed by atoms with E-state index in [4.69, 9.17) is 16.3 Å². The zero-order valence-corrected chi connectivity index (χ0v) is 14.5. The fraction of sp³-hybridized carbons (Fsp3) is 0.600. The lowest BCUT2D eigenvalue weighted by molar-refractivity contribution is -0.00450. The predicted molar refractivity (Wildman–Crippen MR) is 85.3 cm³/mol. The summed E-state index contributed by atoms with van der Waals surface area (Å²) in [5.74, 6) is 0.0154. The maximum Gasteiger partial charge on any atom is 0.410 e. The molecule has 1 aliphatic heterocycles. The molecule has 0 radical (unpaired) electrons. The van der Waals surface area contributed by atoms with Crippen LogP contribution in [0.5, 0.6) is 0 Å². The van der Waals surface area contributed by atoms with Crippen LogP contribution in [0.25, 0.3) is 0 Å². The predicted octanol–water partition coefficient (Wildman–Crippen LogP) is 2.07. The fourth-order valence-corrected chi connectivity index (χ4v) is 2.35. The quantitative estimate of drug-likeness (QED) is 0.842. The molecule has 2 rings (SSSR count). The standard InChI is InChI=1S/C15H21ClN4O3/c1-15(2,3)23-14(22)20-8-10(9-20)7-19(4)13(21)11-5-18-12(16)6-17-11/h5-6,10H,7-9H2,1-4H3. The lowest BCUT2D eigenvalue weighted by atomic mass is 10.0. The van der Waals surface area contributed by atoms with E-state index in [1.54, 1.807) is 16.8 Å². The van der Waals surface area contributed by atoms with Crippen molar-refractivity contribution in [1.29, 1.82) is 0 Å². The van der Waals surface area contributed by atoms with Crippen LogP contribution in [0.2, 0.25) is 5.15 Å². The van der Waals surface area contributed by atoms with Gasteiger partial charge in [0.05, 0.1) is 12.4 Å². The molecule has 0 aliphatic carbocycles. The van der Waals surface area contributed by atoms with Crippen molar-refractivity contribution in [3.63, 3.8) is 0 Å². The molecule has 0 atom stereocenters. The lowest BCUT2D eigenvalue weighted by Gasteiger charge is -2.41. The van der Waals surface area contributed by atoms with Crippen molar-refractivity contribution in [2.45, 2.75) is 26.4 Å². The highest BCUT2D eigenvalue weighted by Crippen LogP contribution is 2.20. The van der Waals surface area contributed by atoms with Crippen LogP contribution in [-0.2, 0) is 4.74 Å². The second kappa shape index (κ2) is 6.70. The molecular weight excluding hydrogens is 320 g/mol. The highest BCUT2D eigenvalue weighted by molar-refractivity contribution is 6.29. The molecule has 23 heavy (non-hydrogen) atoms. The number of halogens is 1. The summed E-state index contributed by atoms with van der Waals surface area (Å²) in [5, 5.41) is 0.246. The van der Waals surface area contributed by atoms with E-state index in [0.29, 0.717) is 19.6 Å². The van der Waals surface area contributed by atoms with Crippen LogP contribution < -0.4 is 0 Å². The van der Waals surface area contributed by atoms with Crippen molar-refractivity contribution in [3.8, 4) is 0 Å². The molecule has 0 unspecified atom stereocenters. The van der Waals surface area contributed by atoms with Gasteiger partial charge in [0.1, 0.15) is 16.4 Å². The summed E-state index contributed by atoms with van der Waals surface area (Å²) in [6, 6.07) is 0. The van der Waals surface area contributed by atoms with Gasteiger partial charge in [-0.1, -0.05) is 11.6 Å². The summed E-state index contributed by atoms with van der Waals surface area (Å²) in [6.07, 6.45) is 2.39. The van der Waals surface area contributed by atoms with Gasteiger partial charge in [0.2, 0.25) is 0 Å². The van der Waals surface area contributed by atoms with Gasteiger partial charge in [0.15, 0.2) is 0 Å². The third-order valence-electron chi connectivity index (χ3n) is 3.33. The van der Waals surface area contributed by atoms with Crippen molar-refractivity contribution in [2.75, 3.05) is 26.7 Å². The second-order valence-corrected chi connectivity index (χ2v) is 7.05. The van der Waals surface area contributed by atoms with Crippen molar-refractivity contribution < 1.29 is 14.3 Å². The van der Waals surface area contributed by atoms with Gasteiger partial charge in [0.25, 0.3) is 5.91 Å². The van der Waals surface area contributed by atoms with Crippen LogP contribution in [0.1, 0.15) is 31.3 Å². The van der Waals surface area contributed by atoms with Crippen LogP contribution in [0.4, 0.5) is 4.79 Å². The van der Waals surface area contributed by atoms with Crippen LogP contribution in [0, 0.1) is 5.92 Å². The van der Waals surface area contributed by atoms with E-state index in [2.05, 4.69) is 9.97 Å². The highest BCUT2D eigenvalue weighted by Gasteiger charge is 2.34. The number of aromatic nitrogens is 2. The Morgan fingerprint density at radius 3 is 2.52 bits per heavy atom. The molecule has 1 saturated heterocycles. The smallest absolute Gasteiger partial charge is 0.410 e. The fourth-order valence-electron chi connectivity index (χ4n) is 2.25. The van der Waals surface area contributed by atoms with Crippen LogP contribution in [0.3, 0.4) is 0 Å². The van der Waals surface area contributed by atoms with Gasteiger partial charge in [-0.2, -0.15) is 0 Å². The first kappa shape index (κ1) is 17.5. The average molecular weight is 341 g/mol. The minimum absolute atomic E-state index is 0.218. The lowest BCUT2D eigenvalue weighted by Crippen LogP contribution is -2.55. The van der Waals surface area contributed by atoms with Crippen molar-refractivity contribution in [2.24, 2.45) is 5.92 Å². The highest BCUT2D eigenvalue weighted by atomic mass is 35.5. The summed E-state index contributed by atoms with van der Waals surface area (Å²) in [5.41, 5.74) is -0.248. The first-order valence-electron chi connectivity index (χ1n) is 7.36. The molecule has 0 aromatic carbocycles. The Balaban J connectivity index is 1.80. The van der Waals surface area contributed by atoms with E-state index in [1.165, 1.54) is 12.4 Å². The van der Waals surface area contributed by atoms with Crippen LogP contribution in [-0.4, -0.2) is 64.1 Å². The summed E-state index contributed by atoms with van der Waals surface area (Å²) in [6.45, 7) is 7.21. The number of carbonyl (C=O) groups is 2. The summed E-state index contributed by atoms with van der Waals surface area (Å²) in [4.78, 5) is 35.1. The first-order chi connectivity index (χ1) is 10.7. The maximum absolute atomic E-state index is 12.2. The van der Waals surface area contributed by atoms with Crippen LogP contribution >= 0.6 is 11.6 Å². The maximum atomic E-state index is 12.2. The number of amides is 2. The molecule has 8 heteroatoms. The van der Waals surface area contributed by atoms with Crippen molar-refractivity contribution in [1.82, 2.24) is 19.8 Å². The largest absolute Gasteiger partial charge is 0.444 e. The van der Waals surface area contributed by atoms with Gasteiger partial charge in [-0.25, -0.2) is 14.8 Å². The Kier molecular flexibility index (Phi) is 5.09. The number of rotatable bonds is 3. The molecule has 1 aromatic heterocycles. The molecule has 126 valence electrons. The molecule has 0 saturated carbocycles. The molecule has 0 spiro atoms. The Morgan fingerprint density at radius 1 is 1.35 bits per heavy atom. The molecule has 1 aliphatic rings. The number of nitrogens with zero attached hydrogens (tertiary/aromatic N) is 4. The SMILES string of the molecule is CN(CC1CN(C(=O)OC(C)(C)C)C1)C(=O)c1cnc(Cl)cn1. The number of likely N-dealkylation sites (tertiary alicyclic amines) is 1. The van der Waals surface area contributed by atoms with E-state index >= 15 is 0 Å². The summed E-state index contributed by atoms with van der Waals surface area (Å²) in [7, 11) is 1.70. The van der Waals surface area contributed by atoms with E-state index in [1.807, 2.05) is 20.8 Å². The molecule has 1 aromatic rings. The zero-order chi connectivity index (χ0) is 17.2. The van der Waals surface area contributed by atoms with Crippen molar-refractivity contribution in [3.05, 3.63) is 23.2 Å². The van der Waals surface area contributed by atoms with Gasteiger partial charge in [0, 0.05) is 32.6 Å². The minimum atomic E-state index is -0.498. The Labute approximate surface area is 140 Å². The molecule has 7 nitrogen and oxygen atoms in total. The van der Waals surface area contributed by atoms with Gasteiger partial charge >= 0.3 is 6.09 Å². The molecule has 0 bridgehead atoms. The minimum Gasteiger partial charge on any atom is -0.444 e. The van der Waals surface area contributed by atoms with Gasteiger partial charge in [-0.3, -0.25) is 4.79 Å². The number of hydrogen-bond acceptors (Lipinski definition) is 5. The van der Waals surface area contributed by atoms with Crippen LogP contribution in [0.15, 0.2) is 12.4 Å². The molecular formula is C15H21ClN4O3. The average Bonchev–Trinajstić information content (AvgIpc) is 2.40. The van der Waals surface area contributed by atoms with E-state index in [-0.39, 0.29) is 28.8 Å². The van der Waals surface area contributed by atoms with Crippen molar-refractivity contribution >= 4 is 23.6 Å². The van der Waals surface area contributed by atoms with Gasteiger partial charge in [-0.15, -0.1) is 0 Å². The van der Waals surface area contributed by atoms with E-state index in [0.717, 1.165) is 0 Å². The van der Waals surface area contributed by atoms with E-state index < -0.39 is 5.60 Å². The second-order valence-electron chi connectivity index (χ2n) is 6.66. The zero-order valence-electron chi connectivity index (χ0n) is 13.7. The molecule has 2 amide bonds. The van der Waals surface area contributed by atoms with Gasteiger partial charge < -0.3 is 14.5 Å². The Morgan fingerprint density at radius 2 is 2.00 bits per heavy atom. The third kappa shape index (κ3) is 4.79. The summed E-state index contributed by atoms with van der Waals surface area (Å²) >= 11 is 5.66.